The normalized spacial score (nSPS) is 13.4. The summed E-state index contributed by atoms with van der Waals surface area (Å²) in [5.41, 5.74) is 0. The number of aliphatic hydroxyl groups excluding tert-OH is 1. The summed E-state index contributed by atoms with van der Waals surface area (Å²) in [6, 6.07) is 0. The third-order valence-corrected chi connectivity index (χ3v) is 9.02. The van der Waals surface area contributed by atoms with Crippen LogP contribution in [0.25, 0.3) is 0 Å². The molecule has 0 fully saturated rings. The van der Waals surface area contributed by atoms with Crippen molar-refractivity contribution in [2.24, 2.45) is 0 Å². The highest BCUT2D eigenvalue weighted by atomic mass is 31.2. The summed E-state index contributed by atoms with van der Waals surface area (Å²) < 4.78 is 26.5. The molecule has 0 rings (SSSR count). The van der Waals surface area contributed by atoms with Crippen molar-refractivity contribution in [3.63, 3.8) is 0 Å². The Balaban J connectivity index is 3.47. The van der Waals surface area contributed by atoms with Gasteiger partial charge in [0.1, 0.15) is 12.7 Å². The van der Waals surface area contributed by atoms with Gasteiger partial charge in [-0.2, -0.15) is 0 Å². The summed E-state index contributed by atoms with van der Waals surface area (Å²) >= 11 is 0. The molecule has 0 aliphatic rings. The molecule has 1 amide bonds. The molecular weight excluding hydrogens is 593 g/mol. The van der Waals surface area contributed by atoms with E-state index < -0.39 is 26.5 Å². The monoisotopic (exact) mass is 663 g/mol. The largest absolute Gasteiger partial charge is 0.472 e. The molecule has 0 spiro atoms. The number of esters is 1. The maximum Gasteiger partial charge on any atom is 0.472 e. The number of phosphoric ester groups is 1. The lowest BCUT2D eigenvalue weighted by Crippen LogP contribution is -2.27. The van der Waals surface area contributed by atoms with Crippen molar-refractivity contribution in [3.05, 3.63) is 0 Å². The number of unbranched alkanes of at least 4 members (excludes halogenated alkanes) is 22. The van der Waals surface area contributed by atoms with Gasteiger partial charge in [-0.05, 0) is 12.8 Å². The van der Waals surface area contributed by atoms with Crippen molar-refractivity contribution in [1.29, 1.82) is 0 Å². The third kappa shape index (κ3) is 34.2. The lowest BCUT2D eigenvalue weighted by molar-refractivity contribution is -0.147. The number of rotatable bonds is 35. The molecule has 3 N–H and O–H groups in total. The number of hydrogen-bond acceptors (Lipinski definition) is 7. The Hall–Kier alpha value is -0.990. The first kappa shape index (κ1) is 44.0. The molecule has 0 saturated heterocycles. The van der Waals surface area contributed by atoms with E-state index in [0.29, 0.717) is 12.8 Å². The summed E-state index contributed by atoms with van der Waals surface area (Å²) in [4.78, 5) is 33.2. The van der Waals surface area contributed by atoms with Crippen LogP contribution in [0.5, 0.6) is 0 Å². The zero-order valence-electron chi connectivity index (χ0n) is 29.1. The zero-order chi connectivity index (χ0) is 33.3. The van der Waals surface area contributed by atoms with Crippen LogP contribution in [0, 0.1) is 0 Å². The highest BCUT2D eigenvalue weighted by Gasteiger charge is 2.23. The van der Waals surface area contributed by atoms with E-state index in [2.05, 4.69) is 19.2 Å². The molecule has 0 aliphatic heterocycles. The molecule has 0 aliphatic carbocycles. The highest BCUT2D eigenvalue weighted by molar-refractivity contribution is 7.47. The number of phosphoric acid groups is 1. The standard InChI is InChI=1S/C35H70NO8P/c1-3-5-7-8-9-10-11-12-13-14-15-16-17-18-19-20-21-22-23-24-26-28-35(39)42-31-33(37)32-44-45(40,41)43-30-29-36-34(38)27-25-6-4-2/h33,37H,3-32H2,1-2H3,(H,36,38)(H,40,41). The SMILES string of the molecule is CCCCCCCCCCCCCCCCCCCCCCCC(=O)OCC(O)COP(=O)(O)OCCNC(=O)CCCCC. The van der Waals surface area contributed by atoms with Crippen LogP contribution in [0.3, 0.4) is 0 Å². The molecule has 2 unspecified atom stereocenters. The molecule has 0 bridgehead atoms. The molecule has 45 heavy (non-hydrogen) atoms. The van der Waals surface area contributed by atoms with Crippen LogP contribution in [0.4, 0.5) is 0 Å². The highest BCUT2D eigenvalue weighted by Crippen LogP contribution is 2.42. The summed E-state index contributed by atoms with van der Waals surface area (Å²) in [7, 11) is -4.38. The average Bonchev–Trinajstić information content (AvgIpc) is 3.02. The minimum absolute atomic E-state index is 0.0819. The first-order chi connectivity index (χ1) is 21.8. The molecule has 0 saturated carbocycles. The molecule has 0 radical (unpaired) electrons. The summed E-state index contributed by atoms with van der Waals surface area (Å²) in [5.74, 6) is -0.534. The Labute approximate surface area is 275 Å². The van der Waals surface area contributed by atoms with E-state index in [1.165, 1.54) is 116 Å². The molecule has 10 heteroatoms. The van der Waals surface area contributed by atoms with E-state index in [4.69, 9.17) is 13.8 Å². The van der Waals surface area contributed by atoms with Gasteiger partial charge < -0.3 is 20.1 Å². The molecule has 9 nitrogen and oxygen atoms in total. The van der Waals surface area contributed by atoms with Crippen molar-refractivity contribution in [3.8, 4) is 0 Å². The predicted molar refractivity (Wildman–Crippen MR) is 183 cm³/mol. The van der Waals surface area contributed by atoms with Crippen LogP contribution in [0.2, 0.25) is 0 Å². The van der Waals surface area contributed by atoms with Crippen LogP contribution < -0.4 is 5.32 Å². The number of amides is 1. The van der Waals surface area contributed by atoms with Gasteiger partial charge in [-0.3, -0.25) is 18.6 Å². The Morgan fingerprint density at radius 2 is 1.00 bits per heavy atom. The van der Waals surface area contributed by atoms with Gasteiger partial charge in [-0.1, -0.05) is 155 Å². The molecule has 0 heterocycles. The van der Waals surface area contributed by atoms with Gasteiger partial charge in [0.2, 0.25) is 5.91 Å². The number of carbonyl (C=O) groups is 2. The fourth-order valence-corrected chi connectivity index (χ4v) is 5.96. The molecule has 0 aromatic heterocycles. The lowest BCUT2D eigenvalue weighted by Gasteiger charge is -2.15. The molecule has 2 atom stereocenters. The van der Waals surface area contributed by atoms with Crippen molar-refractivity contribution in [2.75, 3.05) is 26.4 Å². The zero-order valence-corrected chi connectivity index (χ0v) is 30.0. The molecule has 0 aromatic carbocycles. The smallest absolute Gasteiger partial charge is 0.463 e. The van der Waals surface area contributed by atoms with Gasteiger partial charge in [-0.15, -0.1) is 0 Å². The molecule has 0 aromatic rings. The second kappa shape index (κ2) is 32.9. The van der Waals surface area contributed by atoms with E-state index in [9.17, 15) is 24.2 Å². The average molecular weight is 664 g/mol. The third-order valence-electron chi connectivity index (χ3n) is 8.04. The van der Waals surface area contributed by atoms with Crippen LogP contribution in [-0.2, 0) is 27.9 Å². The summed E-state index contributed by atoms with van der Waals surface area (Å²) in [6.07, 6.45) is 29.8. The summed E-state index contributed by atoms with van der Waals surface area (Å²) in [5, 5.41) is 12.5. The second-order valence-corrected chi connectivity index (χ2v) is 14.0. The number of aliphatic hydroxyl groups is 1. The summed E-state index contributed by atoms with van der Waals surface area (Å²) in [6.45, 7) is 3.39. The van der Waals surface area contributed by atoms with Crippen molar-refractivity contribution in [2.45, 2.75) is 187 Å². The Morgan fingerprint density at radius 1 is 0.600 bits per heavy atom. The van der Waals surface area contributed by atoms with Crippen molar-refractivity contribution in [1.82, 2.24) is 5.32 Å². The molecule has 268 valence electrons. The van der Waals surface area contributed by atoms with Crippen LogP contribution in [-0.4, -0.2) is 54.3 Å². The topological polar surface area (TPSA) is 131 Å². The fourth-order valence-electron chi connectivity index (χ4n) is 5.20. The van der Waals surface area contributed by atoms with Crippen LogP contribution in [0.15, 0.2) is 0 Å². The first-order valence-corrected chi connectivity index (χ1v) is 20.0. The van der Waals surface area contributed by atoms with Gasteiger partial charge in [0.05, 0.1) is 13.2 Å². The van der Waals surface area contributed by atoms with Crippen molar-refractivity contribution >= 4 is 19.7 Å². The Bertz CT molecular complexity index is 724. The minimum Gasteiger partial charge on any atom is -0.463 e. The van der Waals surface area contributed by atoms with Crippen LogP contribution in [0.1, 0.15) is 181 Å². The van der Waals surface area contributed by atoms with Gasteiger partial charge in [0, 0.05) is 19.4 Å². The van der Waals surface area contributed by atoms with Gasteiger partial charge in [0.25, 0.3) is 0 Å². The minimum atomic E-state index is -4.38. The van der Waals surface area contributed by atoms with E-state index in [-0.39, 0.29) is 25.7 Å². The van der Waals surface area contributed by atoms with E-state index in [1.807, 2.05) is 0 Å². The van der Waals surface area contributed by atoms with Gasteiger partial charge in [0.15, 0.2) is 0 Å². The fraction of sp³-hybridized carbons (Fsp3) is 0.943. The van der Waals surface area contributed by atoms with Gasteiger partial charge >= 0.3 is 13.8 Å². The Morgan fingerprint density at radius 3 is 1.47 bits per heavy atom. The maximum absolute atomic E-state index is 11.9. The van der Waals surface area contributed by atoms with Gasteiger partial charge in [-0.25, -0.2) is 4.57 Å². The Kier molecular flexibility index (Phi) is 32.2. The second-order valence-electron chi connectivity index (χ2n) is 12.6. The lowest BCUT2D eigenvalue weighted by atomic mass is 10.0. The quantitative estimate of drug-likeness (QED) is 0.0347. The van der Waals surface area contributed by atoms with E-state index >= 15 is 0 Å². The maximum atomic E-state index is 11.9. The first-order valence-electron chi connectivity index (χ1n) is 18.5. The molecular formula is C35H70NO8P. The number of carbonyl (C=O) groups excluding carboxylic acids is 2. The number of hydrogen-bond donors (Lipinski definition) is 3. The number of nitrogens with one attached hydrogen (secondary N) is 1. The number of ether oxygens (including phenoxy) is 1. The predicted octanol–water partition coefficient (Wildman–Crippen LogP) is 9.32. The van der Waals surface area contributed by atoms with E-state index in [1.54, 1.807) is 0 Å². The van der Waals surface area contributed by atoms with Crippen molar-refractivity contribution < 1.29 is 37.9 Å². The van der Waals surface area contributed by atoms with Crippen LogP contribution >= 0.6 is 7.82 Å². The van der Waals surface area contributed by atoms with E-state index in [0.717, 1.165) is 38.5 Å².